The molecule has 1 unspecified atom stereocenters. The minimum atomic E-state index is -1.04. The van der Waals surface area contributed by atoms with Crippen molar-refractivity contribution in [3.05, 3.63) is 30.1 Å². The summed E-state index contributed by atoms with van der Waals surface area (Å²) in [6.07, 6.45) is 2.42. The fourth-order valence-corrected chi connectivity index (χ4v) is 1.16. The minimum Gasteiger partial charge on any atom is -0.480 e. The van der Waals surface area contributed by atoms with Crippen molar-refractivity contribution in [2.45, 2.75) is 25.8 Å². The van der Waals surface area contributed by atoms with Crippen LogP contribution in [0.15, 0.2) is 24.4 Å². The lowest BCUT2D eigenvalue weighted by Crippen LogP contribution is -2.38. The van der Waals surface area contributed by atoms with E-state index in [1.807, 2.05) is 12.1 Å². The van der Waals surface area contributed by atoms with E-state index in [9.17, 15) is 9.59 Å². The van der Waals surface area contributed by atoms with E-state index in [1.54, 1.807) is 12.3 Å². The van der Waals surface area contributed by atoms with Crippen LogP contribution in [0.25, 0.3) is 0 Å². The van der Waals surface area contributed by atoms with E-state index in [4.69, 9.17) is 5.11 Å². The maximum absolute atomic E-state index is 11.3. The minimum absolute atomic E-state index is 0.245. The van der Waals surface area contributed by atoms with Gasteiger partial charge in [-0.2, -0.15) is 0 Å². The molecular formula is C11H14N2O3. The van der Waals surface area contributed by atoms with Gasteiger partial charge in [-0.25, -0.2) is 0 Å². The SMILES string of the molecule is CC(NC(=O)CCc1ccccn1)C(=O)O. The van der Waals surface area contributed by atoms with Gasteiger partial charge in [0.2, 0.25) is 5.91 Å². The molecule has 0 fully saturated rings. The highest BCUT2D eigenvalue weighted by molar-refractivity contribution is 5.83. The van der Waals surface area contributed by atoms with Gasteiger partial charge in [-0.15, -0.1) is 0 Å². The number of hydrogen-bond acceptors (Lipinski definition) is 3. The van der Waals surface area contributed by atoms with E-state index < -0.39 is 12.0 Å². The van der Waals surface area contributed by atoms with Crippen LogP contribution in [0.1, 0.15) is 19.0 Å². The summed E-state index contributed by atoms with van der Waals surface area (Å²) in [4.78, 5) is 25.9. The molecule has 86 valence electrons. The first-order chi connectivity index (χ1) is 7.59. The maximum atomic E-state index is 11.3. The Kier molecular flexibility index (Phi) is 4.44. The number of nitrogens with zero attached hydrogens (tertiary/aromatic N) is 1. The highest BCUT2D eigenvalue weighted by Gasteiger charge is 2.13. The van der Waals surface area contributed by atoms with Gasteiger partial charge in [0, 0.05) is 18.3 Å². The topological polar surface area (TPSA) is 79.3 Å². The summed E-state index contributed by atoms with van der Waals surface area (Å²) < 4.78 is 0. The average Bonchev–Trinajstić information content (AvgIpc) is 2.27. The first-order valence-corrected chi connectivity index (χ1v) is 5.01. The number of aryl methyl sites for hydroxylation is 1. The van der Waals surface area contributed by atoms with E-state index in [2.05, 4.69) is 10.3 Å². The molecule has 0 spiro atoms. The summed E-state index contributed by atoms with van der Waals surface area (Å²) in [5.74, 6) is -1.31. The molecule has 1 amide bonds. The number of hydrogen-bond donors (Lipinski definition) is 2. The molecule has 1 rings (SSSR count). The zero-order valence-corrected chi connectivity index (χ0v) is 9.01. The Hall–Kier alpha value is -1.91. The second-order valence-corrected chi connectivity index (χ2v) is 3.45. The zero-order chi connectivity index (χ0) is 12.0. The lowest BCUT2D eigenvalue weighted by Gasteiger charge is -2.08. The Balaban J connectivity index is 2.33. The second-order valence-electron chi connectivity index (χ2n) is 3.45. The monoisotopic (exact) mass is 222 g/mol. The quantitative estimate of drug-likeness (QED) is 0.764. The number of nitrogens with one attached hydrogen (secondary N) is 1. The van der Waals surface area contributed by atoms with Crippen LogP contribution in [-0.2, 0) is 16.0 Å². The number of carboxylic acid groups (broad SMARTS) is 1. The molecule has 0 radical (unpaired) electrons. The van der Waals surface area contributed by atoms with Crippen LogP contribution in [0.5, 0.6) is 0 Å². The van der Waals surface area contributed by atoms with Crippen LogP contribution in [0.3, 0.4) is 0 Å². The van der Waals surface area contributed by atoms with Gasteiger partial charge in [-0.3, -0.25) is 14.6 Å². The molecule has 0 aromatic carbocycles. The fraction of sp³-hybridized carbons (Fsp3) is 0.364. The van der Waals surface area contributed by atoms with E-state index in [0.29, 0.717) is 6.42 Å². The summed E-state index contributed by atoms with van der Waals surface area (Å²) >= 11 is 0. The van der Waals surface area contributed by atoms with E-state index in [0.717, 1.165) is 5.69 Å². The van der Waals surface area contributed by atoms with E-state index >= 15 is 0 Å². The van der Waals surface area contributed by atoms with Crippen molar-refractivity contribution in [1.82, 2.24) is 10.3 Å². The van der Waals surface area contributed by atoms with Crippen LogP contribution < -0.4 is 5.32 Å². The largest absolute Gasteiger partial charge is 0.480 e. The normalized spacial score (nSPS) is 11.8. The number of pyridine rings is 1. The number of carbonyl (C=O) groups excluding carboxylic acids is 1. The summed E-state index contributed by atoms with van der Waals surface area (Å²) in [5.41, 5.74) is 0.820. The van der Waals surface area contributed by atoms with Gasteiger partial charge >= 0.3 is 5.97 Å². The predicted molar refractivity (Wildman–Crippen MR) is 57.8 cm³/mol. The van der Waals surface area contributed by atoms with Crippen LogP contribution in [0.4, 0.5) is 0 Å². The second kappa shape index (κ2) is 5.85. The molecule has 1 aromatic heterocycles. The molecular weight excluding hydrogens is 208 g/mol. The van der Waals surface area contributed by atoms with Crippen LogP contribution in [0, 0.1) is 0 Å². The lowest BCUT2D eigenvalue weighted by atomic mass is 10.2. The molecule has 0 bridgehead atoms. The van der Waals surface area contributed by atoms with Crippen molar-refractivity contribution in [2.24, 2.45) is 0 Å². The van der Waals surface area contributed by atoms with Gasteiger partial charge < -0.3 is 10.4 Å². The Morgan fingerprint density at radius 3 is 2.81 bits per heavy atom. The van der Waals surface area contributed by atoms with E-state index in [1.165, 1.54) is 6.92 Å². The summed E-state index contributed by atoms with van der Waals surface area (Å²) in [6, 6.07) is 4.63. The van der Waals surface area contributed by atoms with E-state index in [-0.39, 0.29) is 12.3 Å². The Bertz CT molecular complexity index is 365. The summed E-state index contributed by atoms with van der Waals surface area (Å²) in [7, 11) is 0. The molecule has 5 heteroatoms. The maximum Gasteiger partial charge on any atom is 0.325 e. The molecule has 0 aliphatic heterocycles. The zero-order valence-electron chi connectivity index (χ0n) is 9.01. The lowest BCUT2D eigenvalue weighted by molar-refractivity contribution is -0.141. The average molecular weight is 222 g/mol. The third-order valence-electron chi connectivity index (χ3n) is 2.08. The predicted octanol–water partition coefficient (Wildman–Crippen LogP) is 0.603. The smallest absolute Gasteiger partial charge is 0.325 e. The van der Waals surface area contributed by atoms with Crippen LogP contribution >= 0.6 is 0 Å². The molecule has 0 aliphatic rings. The number of carbonyl (C=O) groups is 2. The van der Waals surface area contributed by atoms with Gasteiger partial charge in [0.1, 0.15) is 6.04 Å². The van der Waals surface area contributed by atoms with Gasteiger partial charge in [-0.1, -0.05) is 6.07 Å². The summed E-state index contributed by atoms with van der Waals surface area (Å²) in [6.45, 7) is 1.43. The van der Waals surface area contributed by atoms with Crippen molar-refractivity contribution < 1.29 is 14.7 Å². The third kappa shape index (κ3) is 4.08. The van der Waals surface area contributed by atoms with Gasteiger partial charge in [0.05, 0.1) is 0 Å². The van der Waals surface area contributed by atoms with Gasteiger partial charge in [0.15, 0.2) is 0 Å². The number of aromatic nitrogens is 1. The number of rotatable bonds is 5. The molecule has 0 saturated heterocycles. The molecule has 16 heavy (non-hydrogen) atoms. The number of carboxylic acids is 1. The molecule has 0 aliphatic carbocycles. The molecule has 5 nitrogen and oxygen atoms in total. The van der Waals surface area contributed by atoms with Crippen LogP contribution in [-0.4, -0.2) is 28.0 Å². The fourth-order valence-electron chi connectivity index (χ4n) is 1.16. The van der Waals surface area contributed by atoms with Gasteiger partial charge in [0.25, 0.3) is 0 Å². The highest BCUT2D eigenvalue weighted by Crippen LogP contribution is 1.98. The Morgan fingerprint density at radius 2 is 2.25 bits per heavy atom. The third-order valence-corrected chi connectivity index (χ3v) is 2.08. The summed E-state index contributed by atoms with van der Waals surface area (Å²) in [5, 5.41) is 11.0. The van der Waals surface area contributed by atoms with Crippen LogP contribution in [0.2, 0.25) is 0 Å². The standard InChI is InChI=1S/C11H14N2O3/c1-8(11(15)16)13-10(14)6-5-9-4-2-3-7-12-9/h2-4,7-8H,5-6H2,1H3,(H,13,14)(H,15,16). The first-order valence-electron chi connectivity index (χ1n) is 5.01. The molecule has 1 atom stereocenters. The Morgan fingerprint density at radius 1 is 1.50 bits per heavy atom. The van der Waals surface area contributed by atoms with Crippen molar-refractivity contribution >= 4 is 11.9 Å². The molecule has 1 heterocycles. The first kappa shape index (κ1) is 12.2. The van der Waals surface area contributed by atoms with Gasteiger partial charge in [-0.05, 0) is 25.5 Å². The number of aliphatic carboxylic acids is 1. The Labute approximate surface area is 93.5 Å². The van der Waals surface area contributed by atoms with Crippen molar-refractivity contribution in [2.75, 3.05) is 0 Å². The molecule has 1 aromatic rings. The number of amides is 1. The highest BCUT2D eigenvalue weighted by atomic mass is 16.4. The molecule has 2 N–H and O–H groups in total. The van der Waals surface area contributed by atoms with Crippen molar-refractivity contribution in [1.29, 1.82) is 0 Å². The van der Waals surface area contributed by atoms with Crippen molar-refractivity contribution in [3.63, 3.8) is 0 Å². The molecule has 0 saturated carbocycles. The van der Waals surface area contributed by atoms with Crippen molar-refractivity contribution in [3.8, 4) is 0 Å².